The second-order valence-corrected chi connectivity index (χ2v) is 6.68. The highest BCUT2D eigenvalue weighted by molar-refractivity contribution is 7.89. The van der Waals surface area contributed by atoms with Crippen molar-refractivity contribution in [1.82, 2.24) is 4.31 Å². The Kier molecular flexibility index (Phi) is 4.82. The van der Waals surface area contributed by atoms with Gasteiger partial charge in [-0.25, -0.2) is 13.2 Å². The van der Waals surface area contributed by atoms with Crippen LogP contribution in [0.15, 0.2) is 10.3 Å². The minimum atomic E-state index is -4.70. The Balaban J connectivity index is 3.35. The molecule has 0 aliphatic carbocycles. The molecule has 1 rings (SSSR count). The number of carbonyl (C=O) groups is 1. The highest BCUT2D eigenvalue weighted by Crippen LogP contribution is 2.31. The standard InChI is InChI=1S/C10H12F3NO4S2/c1-3-14(5-10(11,12)13)20(17,18)8-6(2)4-19-7(8)9(15)16/h4H,3,5H2,1-2H3,(H,15,16). The lowest BCUT2D eigenvalue weighted by molar-refractivity contribution is -0.135. The Bertz CT molecular complexity index is 607. The number of rotatable bonds is 5. The third kappa shape index (κ3) is 3.49. The van der Waals surface area contributed by atoms with Gasteiger partial charge in [-0.05, 0) is 17.9 Å². The molecule has 0 fully saturated rings. The van der Waals surface area contributed by atoms with Crippen LogP contribution in [0, 0.1) is 6.92 Å². The number of aromatic carboxylic acids is 1. The summed E-state index contributed by atoms with van der Waals surface area (Å²) < 4.78 is 61.9. The molecule has 20 heavy (non-hydrogen) atoms. The molecule has 0 atom stereocenters. The van der Waals surface area contributed by atoms with E-state index >= 15 is 0 Å². The Morgan fingerprint density at radius 2 is 2.00 bits per heavy atom. The summed E-state index contributed by atoms with van der Waals surface area (Å²) in [5.74, 6) is -1.48. The van der Waals surface area contributed by atoms with Crippen molar-refractivity contribution in [2.75, 3.05) is 13.1 Å². The number of alkyl halides is 3. The van der Waals surface area contributed by atoms with E-state index in [0.29, 0.717) is 11.3 Å². The molecule has 0 unspecified atom stereocenters. The molecule has 10 heteroatoms. The van der Waals surface area contributed by atoms with E-state index in [2.05, 4.69) is 0 Å². The number of carboxylic acids is 1. The van der Waals surface area contributed by atoms with Crippen molar-refractivity contribution >= 4 is 27.3 Å². The molecular formula is C10H12F3NO4S2. The zero-order valence-corrected chi connectivity index (χ0v) is 12.2. The summed E-state index contributed by atoms with van der Waals surface area (Å²) in [6, 6.07) is 0. The summed E-state index contributed by atoms with van der Waals surface area (Å²) >= 11 is 0.670. The van der Waals surface area contributed by atoms with Crippen LogP contribution in [0.1, 0.15) is 22.2 Å². The van der Waals surface area contributed by atoms with Crippen molar-refractivity contribution < 1.29 is 31.5 Å². The van der Waals surface area contributed by atoms with Crippen molar-refractivity contribution in [1.29, 1.82) is 0 Å². The van der Waals surface area contributed by atoms with Crippen LogP contribution in [-0.2, 0) is 10.0 Å². The Morgan fingerprint density at radius 1 is 1.45 bits per heavy atom. The van der Waals surface area contributed by atoms with Gasteiger partial charge in [-0.2, -0.15) is 17.5 Å². The molecule has 0 saturated heterocycles. The van der Waals surface area contributed by atoms with Gasteiger partial charge in [0.25, 0.3) is 0 Å². The maximum atomic E-state index is 12.4. The molecule has 0 aromatic carbocycles. The lowest BCUT2D eigenvalue weighted by Crippen LogP contribution is -2.39. The Hall–Kier alpha value is -1.13. The number of sulfonamides is 1. The molecule has 0 aliphatic heterocycles. The maximum Gasteiger partial charge on any atom is 0.402 e. The predicted octanol–water partition coefficient (Wildman–Crippen LogP) is 2.33. The minimum Gasteiger partial charge on any atom is -0.477 e. The monoisotopic (exact) mass is 331 g/mol. The van der Waals surface area contributed by atoms with Crippen molar-refractivity contribution in [3.05, 3.63) is 15.8 Å². The van der Waals surface area contributed by atoms with Crippen LogP contribution < -0.4 is 0 Å². The summed E-state index contributed by atoms with van der Waals surface area (Å²) in [6.45, 7) is 0.541. The van der Waals surface area contributed by atoms with Gasteiger partial charge >= 0.3 is 12.1 Å². The first-order valence-electron chi connectivity index (χ1n) is 5.39. The van der Waals surface area contributed by atoms with Crippen molar-refractivity contribution in [2.24, 2.45) is 0 Å². The van der Waals surface area contributed by atoms with Gasteiger partial charge in [-0.3, -0.25) is 0 Å². The third-order valence-corrected chi connectivity index (χ3v) is 5.74. The highest BCUT2D eigenvalue weighted by atomic mass is 32.2. The molecule has 1 heterocycles. The molecule has 0 saturated carbocycles. The molecule has 0 radical (unpaired) electrons. The van der Waals surface area contributed by atoms with E-state index in [1.165, 1.54) is 19.2 Å². The number of nitrogens with zero attached hydrogens (tertiary/aromatic N) is 1. The molecule has 1 aromatic rings. The Morgan fingerprint density at radius 3 is 2.40 bits per heavy atom. The minimum absolute atomic E-state index is 0.119. The van der Waals surface area contributed by atoms with Gasteiger partial charge < -0.3 is 5.11 Å². The first-order chi connectivity index (χ1) is 9.00. The number of aryl methyl sites for hydroxylation is 1. The molecule has 1 N–H and O–H groups in total. The molecule has 0 spiro atoms. The third-order valence-electron chi connectivity index (χ3n) is 2.42. The van der Waals surface area contributed by atoms with E-state index in [-0.39, 0.29) is 9.87 Å². The van der Waals surface area contributed by atoms with E-state index in [1.807, 2.05) is 0 Å². The molecule has 1 aromatic heterocycles. The maximum absolute atomic E-state index is 12.4. The van der Waals surface area contributed by atoms with Crippen LogP contribution in [0.5, 0.6) is 0 Å². The number of hydrogen-bond acceptors (Lipinski definition) is 4. The van der Waals surface area contributed by atoms with Crippen LogP contribution in [0.2, 0.25) is 0 Å². The molecular weight excluding hydrogens is 319 g/mol. The summed E-state index contributed by atoms with van der Waals surface area (Å²) in [5, 5.41) is 10.2. The second kappa shape index (κ2) is 5.70. The fraction of sp³-hybridized carbons (Fsp3) is 0.500. The first-order valence-corrected chi connectivity index (χ1v) is 7.71. The summed E-state index contributed by atoms with van der Waals surface area (Å²) in [5.41, 5.74) is 0.119. The molecule has 114 valence electrons. The summed E-state index contributed by atoms with van der Waals surface area (Å²) in [4.78, 5) is 9.93. The van der Waals surface area contributed by atoms with Crippen LogP contribution in [0.4, 0.5) is 13.2 Å². The zero-order valence-electron chi connectivity index (χ0n) is 10.6. The van der Waals surface area contributed by atoms with E-state index in [1.54, 1.807) is 0 Å². The molecule has 0 amide bonds. The zero-order chi connectivity index (χ0) is 15.7. The lowest BCUT2D eigenvalue weighted by atomic mass is 10.3. The van der Waals surface area contributed by atoms with Gasteiger partial charge in [0.15, 0.2) is 0 Å². The van der Waals surface area contributed by atoms with Gasteiger partial charge in [-0.1, -0.05) is 6.92 Å². The average Bonchev–Trinajstić information content (AvgIpc) is 2.67. The molecule has 0 bridgehead atoms. The van der Waals surface area contributed by atoms with Crippen LogP contribution in [-0.4, -0.2) is 43.1 Å². The van der Waals surface area contributed by atoms with Gasteiger partial charge in [0.05, 0.1) is 0 Å². The van der Waals surface area contributed by atoms with Gasteiger partial charge in [0.2, 0.25) is 10.0 Å². The normalized spacial score (nSPS) is 12.9. The predicted molar refractivity (Wildman–Crippen MR) is 66.5 cm³/mol. The molecule has 5 nitrogen and oxygen atoms in total. The number of thiophene rings is 1. The molecule has 0 aliphatic rings. The van der Waals surface area contributed by atoms with Gasteiger partial charge in [0.1, 0.15) is 16.3 Å². The average molecular weight is 331 g/mol. The number of halogens is 3. The van der Waals surface area contributed by atoms with Crippen molar-refractivity contribution in [3.8, 4) is 0 Å². The SMILES string of the molecule is CCN(CC(F)(F)F)S(=O)(=O)c1c(C)csc1C(=O)O. The number of carboxylic acid groups (broad SMARTS) is 1. The van der Waals surface area contributed by atoms with Gasteiger partial charge in [-0.15, -0.1) is 11.3 Å². The first kappa shape index (κ1) is 16.9. The lowest BCUT2D eigenvalue weighted by Gasteiger charge is -2.22. The van der Waals surface area contributed by atoms with Crippen molar-refractivity contribution in [2.45, 2.75) is 24.9 Å². The number of hydrogen-bond donors (Lipinski definition) is 1. The van der Waals surface area contributed by atoms with Crippen LogP contribution in [0.3, 0.4) is 0 Å². The van der Waals surface area contributed by atoms with Crippen molar-refractivity contribution in [3.63, 3.8) is 0 Å². The highest BCUT2D eigenvalue weighted by Gasteiger charge is 2.38. The van der Waals surface area contributed by atoms with Gasteiger partial charge in [0, 0.05) is 6.54 Å². The van der Waals surface area contributed by atoms with E-state index in [9.17, 15) is 26.4 Å². The van der Waals surface area contributed by atoms with E-state index in [0.717, 1.165) is 0 Å². The van der Waals surface area contributed by atoms with Crippen LogP contribution >= 0.6 is 11.3 Å². The summed E-state index contributed by atoms with van der Waals surface area (Å²) in [6.07, 6.45) is -4.70. The Labute approximate surface area is 117 Å². The largest absolute Gasteiger partial charge is 0.477 e. The fourth-order valence-electron chi connectivity index (χ4n) is 1.60. The fourth-order valence-corrected chi connectivity index (χ4v) is 4.62. The quantitative estimate of drug-likeness (QED) is 0.898. The summed E-state index contributed by atoms with van der Waals surface area (Å²) in [7, 11) is -4.50. The second-order valence-electron chi connectivity index (χ2n) is 3.93. The van der Waals surface area contributed by atoms with Crippen LogP contribution in [0.25, 0.3) is 0 Å². The topological polar surface area (TPSA) is 74.7 Å². The smallest absolute Gasteiger partial charge is 0.402 e. The van der Waals surface area contributed by atoms with E-state index in [4.69, 9.17) is 5.11 Å². The van der Waals surface area contributed by atoms with E-state index < -0.39 is 45.0 Å².